The highest BCUT2D eigenvalue weighted by Crippen LogP contribution is 2.17. The Morgan fingerprint density at radius 1 is 1.04 bits per heavy atom. The minimum atomic E-state index is -3.67. The lowest BCUT2D eigenvalue weighted by atomic mass is 10.2. The van der Waals surface area contributed by atoms with E-state index in [2.05, 4.69) is 10.0 Å². The van der Waals surface area contributed by atoms with Crippen molar-refractivity contribution in [3.63, 3.8) is 0 Å². The molecule has 0 aromatic heterocycles. The average Bonchev–Trinajstić information content (AvgIpc) is 2.62. The molecule has 1 atom stereocenters. The summed E-state index contributed by atoms with van der Waals surface area (Å²) in [6.45, 7) is 1.97. The van der Waals surface area contributed by atoms with Gasteiger partial charge in [0.15, 0.2) is 0 Å². The van der Waals surface area contributed by atoms with E-state index in [9.17, 15) is 13.2 Å². The molecule has 1 amide bonds. The monoisotopic (exact) mass is 378 g/mol. The Labute approximate surface area is 153 Å². The zero-order valence-electron chi connectivity index (χ0n) is 14.9. The zero-order valence-corrected chi connectivity index (χ0v) is 15.7. The Hall–Kier alpha value is -2.42. The highest BCUT2D eigenvalue weighted by Gasteiger charge is 2.18. The predicted molar refractivity (Wildman–Crippen MR) is 99.0 cm³/mol. The predicted octanol–water partition coefficient (Wildman–Crippen LogP) is 2.26. The van der Waals surface area contributed by atoms with Crippen molar-refractivity contribution in [2.24, 2.45) is 0 Å². The Balaban J connectivity index is 2.06. The first kappa shape index (κ1) is 19.9. The Morgan fingerprint density at radius 3 is 2.19 bits per heavy atom. The van der Waals surface area contributed by atoms with Crippen LogP contribution in [0.3, 0.4) is 0 Å². The van der Waals surface area contributed by atoms with Crippen LogP contribution in [-0.4, -0.2) is 41.2 Å². The number of hydrogen-bond donors (Lipinski definition) is 2. The maximum Gasteiger partial charge on any atom is 0.255 e. The second kappa shape index (κ2) is 8.79. The van der Waals surface area contributed by atoms with Gasteiger partial charge in [0.25, 0.3) is 5.91 Å². The maximum atomic E-state index is 12.3. The van der Waals surface area contributed by atoms with Crippen molar-refractivity contribution in [3.8, 4) is 5.75 Å². The van der Waals surface area contributed by atoms with Crippen molar-refractivity contribution in [3.05, 3.63) is 54.1 Å². The smallest absolute Gasteiger partial charge is 0.255 e. The first-order valence-corrected chi connectivity index (χ1v) is 9.41. The van der Waals surface area contributed by atoms with Crippen molar-refractivity contribution in [2.45, 2.75) is 17.9 Å². The molecule has 8 heteroatoms. The second-order valence-electron chi connectivity index (χ2n) is 5.68. The van der Waals surface area contributed by atoms with E-state index in [1.165, 1.54) is 31.4 Å². The number of hydrogen-bond acceptors (Lipinski definition) is 5. The van der Waals surface area contributed by atoms with Gasteiger partial charge in [-0.05, 0) is 55.5 Å². The molecule has 2 aromatic rings. The average molecular weight is 378 g/mol. The van der Waals surface area contributed by atoms with Crippen molar-refractivity contribution in [1.82, 2.24) is 4.72 Å². The SMILES string of the molecule is COC[C@H](C)NS(=O)(=O)c1ccc(C(=O)Nc2ccc(OC)cc2)cc1. The highest BCUT2D eigenvalue weighted by molar-refractivity contribution is 7.89. The summed E-state index contributed by atoms with van der Waals surface area (Å²) in [5.41, 5.74) is 0.965. The van der Waals surface area contributed by atoms with Crippen LogP contribution in [0.5, 0.6) is 5.75 Å². The summed E-state index contributed by atoms with van der Waals surface area (Å²) in [5, 5.41) is 2.74. The Kier molecular flexibility index (Phi) is 6.73. The fourth-order valence-corrected chi connectivity index (χ4v) is 3.51. The maximum absolute atomic E-state index is 12.3. The van der Waals surface area contributed by atoms with E-state index in [-0.39, 0.29) is 23.5 Å². The molecule has 0 saturated carbocycles. The molecule has 26 heavy (non-hydrogen) atoms. The minimum absolute atomic E-state index is 0.0847. The molecule has 0 spiro atoms. The van der Waals surface area contributed by atoms with Gasteiger partial charge in [-0.15, -0.1) is 0 Å². The third-order valence-electron chi connectivity index (χ3n) is 3.55. The van der Waals surface area contributed by atoms with Crippen LogP contribution in [0.2, 0.25) is 0 Å². The third-order valence-corrected chi connectivity index (χ3v) is 5.15. The van der Waals surface area contributed by atoms with E-state index in [1.807, 2.05) is 0 Å². The lowest BCUT2D eigenvalue weighted by molar-refractivity contribution is 0.102. The number of ether oxygens (including phenoxy) is 2. The van der Waals surface area contributed by atoms with Crippen LogP contribution in [0.15, 0.2) is 53.4 Å². The van der Waals surface area contributed by atoms with Gasteiger partial charge < -0.3 is 14.8 Å². The molecule has 2 aromatic carbocycles. The van der Waals surface area contributed by atoms with E-state index in [0.717, 1.165) is 0 Å². The van der Waals surface area contributed by atoms with Gasteiger partial charge in [-0.1, -0.05) is 0 Å². The minimum Gasteiger partial charge on any atom is -0.497 e. The molecule has 0 aliphatic heterocycles. The van der Waals surface area contributed by atoms with Gasteiger partial charge in [-0.25, -0.2) is 13.1 Å². The molecule has 2 rings (SSSR count). The first-order valence-electron chi connectivity index (χ1n) is 7.92. The van der Waals surface area contributed by atoms with Crippen LogP contribution in [0, 0.1) is 0 Å². The second-order valence-corrected chi connectivity index (χ2v) is 7.40. The van der Waals surface area contributed by atoms with Crippen molar-refractivity contribution < 1.29 is 22.7 Å². The quantitative estimate of drug-likeness (QED) is 0.735. The fraction of sp³-hybridized carbons (Fsp3) is 0.278. The summed E-state index contributed by atoms with van der Waals surface area (Å²) in [6.07, 6.45) is 0. The molecule has 7 nitrogen and oxygen atoms in total. The van der Waals surface area contributed by atoms with Crippen LogP contribution < -0.4 is 14.8 Å². The fourth-order valence-electron chi connectivity index (χ4n) is 2.28. The number of carbonyl (C=O) groups is 1. The third kappa shape index (κ3) is 5.29. The van der Waals surface area contributed by atoms with Crippen molar-refractivity contribution in [1.29, 1.82) is 0 Å². The van der Waals surface area contributed by atoms with E-state index >= 15 is 0 Å². The normalized spacial score (nSPS) is 12.4. The largest absolute Gasteiger partial charge is 0.497 e. The number of sulfonamides is 1. The summed E-state index contributed by atoms with van der Waals surface area (Å²) >= 11 is 0. The van der Waals surface area contributed by atoms with Crippen LogP contribution in [-0.2, 0) is 14.8 Å². The molecule has 0 fully saturated rings. The van der Waals surface area contributed by atoms with Gasteiger partial charge in [0.2, 0.25) is 10.0 Å². The lowest BCUT2D eigenvalue weighted by Gasteiger charge is -2.13. The summed E-state index contributed by atoms with van der Waals surface area (Å²) in [5.74, 6) is 0.354. The van der Waals surface area contributed by atoms with Crippen LogP contribution in [0.25, 0.3) is 0 Å². The Bertz CT molecular complexity index is 833. The number of rotatable bonds is 8. The molecule has 2 N–H and O–H groups in total. The van der Waals surface area contributed by atoms with E-state index in [4.69, 9.17) is 9.47 Å². The number of methoxy groups -OCH3 is 2. The molecule has 0 heterocycles. The number of amides is 1. The molecule has 0 unspecified atom stereocenters. The molecule has 0 bridgehead atoms. The molecular weight excluding hydrogens is 356 g/mol. The molecular formula is C18H22N2O5S. The molecule has 0 aliphatic rings. The molecule has 0 aliphatic carbocycles. The summed E-state index contributed by atoms with van der Waals surface area (Å²) in [7, 11) is -0.602. The molecule has 140 valence electrons. The standard InChI is InChI=1S/C18H22N2O5S/c1-13(12-24-2)20-26(22,23)17-10-4-14(5-11-17)18(21)19-15-6-8-16(25-3)9-7-15/h4-11,13,20H,12H2,1-3H3,(H,19,21)/t13-/m0/s1. The summed E-state index contributed by atoms with van der Waals surface area (Å²) < 4.78 is 37.0. The van der Waals surface area contributed by atoms with Gasteiger partial charge in [0.1, 0.15) is 5.75 Å². The van der Waals surface area contributed by atoms with E-state index in [1.54, 1.807) is 38.3 Å². The van der Waals surface area contributed by atoms with Gasteiger partial charge in [-0.2, -0.15) is 0 Å². The number of carbonyl (C=O) groups excluding carboxylic acids is 1. The van der Waals surface area contributed by atoms with Gasteiger partial charge >= 0.3 is 0 Å². The Morgan fingerprint density at radius 2 is 1.65 bits per heavy atom. The lowest BCUT2D eigenvalue weighted by Crippen LogP contribution is -2.35. The van der Waals surface area contributed by atoms with Crippen molar-refractivity contribution in [2.75, 3.05) is 26.1 Å². The topological polar surface area (TPSA) is 93.7 Å². The van der Waals surface area contributed by atoms with Gasteiger partial charge in [-0.3, -0.25) is 4.79 Å². The highest BCUT2D eigenvalue weighted by atomic mass is 32.2. The number of benzene rings is 2. The van der Waals surface area contributed by atoms with Crippen LogP contribution >= 0.6 is 0 Å². The van der Waals surface area contributed by atoms with Gasteiger partial charge in [0.05, 0.1) is 18.6 Å². The first-order chi connectivity index (χ1) is 12.4. The summed E-state index contributed by atoms with van der Waals surface area (Å²) in [4.78, 5) is 12.4. The van der Waals surface area contributed by atoms with E-state index in [0.29, 0.717) is 17.0 Å². The van der Waals surface area contributed by atoms with Crippen molar-refractivity contribution >= 4 is 21.6 Å². The zero-order chi connectivity index (χ0) is 19.2. The molecule has 0 radical (unpaired) electrons. The number of anilines is 1. The molecule has 0 saturated heterocycles. The summed E-state index contributed by atoms with van der Waals surface area (Å²) in [6, 6.07) is 12.3. The van der Waals surface area contributed by atoms with E-state index < -0.39 is 10.0 Å². The number of nitrogens with one attached hydrogen (secondary N) is 2. The van der Waals surface area contributed by atoms with Crippen LogP contribution in [0.4, 0.5) is 5.69 Å². The van der Waals surface area contributed by atoms with Crippen LogP contribution in [0.1, 0.15) is 17.3 Å². The van der Waals surface area contributed by atoms with Gasteiger partial charge in [0, 0.05) is 24.4 Å².